The number of nitrogens with two attached hydrogens (primary N) is 1. The molecule has 0 bridgehead atoms. The predicted molar refractivity (Wildman–Crippen MR) is 85.5 cm³/mol. The first kappa shape index (κ1) is 14.5. The Balaban J connectivity index is 2.00. The molecule has 2 atom stereocenters. The number of ether oxygens (including phenoxy) is 1. The van der Waals surface area contributed by atoms with Crippen LogP contribution >= 0.6 is 11.8 Å². The van der Waals surface area contributed by atoms with Crippen LogP contribution in [-0.4, -0.2) is 27.7 Å². The third-order valence-electron chi connectivity index (χ3n) is 4.11. The molecule has 1 aliphatic carbocycles. The third kappa shape index (κ3) is 2.57. The lowest BCUT2D eigenvalue weighted by molar-refractivity contribution is 0.387. The van der Waals surface area contributed by atoms with Crippen molar-refractivity contribution in [1.82, 2.24) is 9.55 Å². The molecule has 0 spiro atoms. The second kappa shape index (κ2) is 5.75. The molecule has 114 valence electrons. The number of aromatic nitrogens is 2. The Hall–Kier alpha value is -1.43. The molecule has 1 fully saturated rings. The maximum absolute atomic E-state index is 13.8. The number of hydrogen-bond donors (Lipinski definition) is 1. The fraction of sp³-hybridized carbons (Fsp3) is 0.533. The maximum Gasteiger partial charge on any atom is 0.201 e. The lowest BCUT2D eigenvalue weighted by atomic mass is 10.2. The van der Waals surface area contributed by atoms with E-state index in [2.05, 4.69) is 11.9 Å². The van der Waals surface area contributed by atoms with Crippen molar-refractivity contribution in [3.63, 3.8) is 0 Å². The van der Waals surface area contributed by atoms with Crippen molar-refractivity contribution in [3.05, 3.63) is 17.9 Å². The van der Waals surface area contributed by atoms with Gasteiger partial charge in [0.2, 0.25) is 5.95 Å². The number of benzene rings is 1. The van der Waals surface area contributed by atoms with Crippen molar-refractivity contribution in [1.29, 1.82) is 0 Å². The first-order chi connectivity index (χ1) is 10.1. The SMILES string of the molecule is CCSC1CCC(n2c(N)nc3cc(F)c(OC)cc32)C1. The van der Waals surface area contributed by atoms with Gasteiger partial charge in [-0.15, -0.1) is 0 Å². The minimum Gasteiger partial charge on any atom is -0.494 e. The summed E-state index contributed by atoms with van der Waals surface area (Å²) in [7, 11) is 1.47. The molecule has 1 saturated carbocycles. The normalized spacial score (nSPS) is 22.0. The molecule has 1 aromatic carbocycles. The lowest BCUT2D eigenvalue weighted by Gasteiger charge is -2.15. The Kier molecular flexibility index (Phi) is 3.97. The smallest absolute Gasteiger partial charge is 0.201 e. The summed E-state index contributed by atoms with van der Waals surface area (Å²) in [4.78, 5) is 4.30. The molecule has 0 radical (unpaired) electrons. The summed E-state index contributed by atoms with van der Waals surface area (Å²) in [6, 6.07) is 3.44. The summed E-state index contributed by atoms with van der Waals surface area (Å²) >= 11 is 2.00. The van der Waals surface area contributed by atoms with Gasteiger partial charge < -0.3 is 15.0 Å². The monoisotopic (exact) mass is 309 g/mol. The molecular weight excluding hydrogens is 289 g/mol. The van der Waals surface area contributed by atoms with Crippen molar-refractivity contribution < 1.29 is 9.13 Å². The molecule has 2 unspecified atom stereocenters. The minimum atomic E-state index is -0.402. The van der Waals surface area contributed by atoms with E-state index < -0.39 is 5.82 Å². The van der Waals surface area contributed by atoms with E-state index in [0.717, 1.165) is 24.1 Å². The number of hydrogen-bond acceptors (Lipinski definition) is 4. The van der Waals surface area contributed by atoms with Crippen LogP contribution in [0.3, 0.4) is 0 Å². The number of thioether (sulfide) groups is 1. The summed E-state index contributed by atoms with van der Waals surface area (Å²) in [5.41, 5.74) is 7.53. The number of methoxy groups -OCH3 is 1. The average molecular weight is 309 g/mol. The highest BCUT2D eigenvalue weighted by molar-refractivity contribution is 7.99. The summed E-state index contributed by atoms with van der Waals surface area (Å²) in [5.74, 6) is 1.43. The summed E-state index contributed by atoms with van der Waals surface area (Å²) in [6.07, 6.45) is 3.38. The topological polar surface area (TPSA) is 53.1 Å². The number of fused-ring (bicyclic) bond motifs is 1. The molecular formula is C15H20FN3OS. The van der Waals surface area contributed by atoms with Crippen molar-refractivity contribution in [3.8, 4) is 5.75 Å². The van der Waals surface area contributed by atoms with Gasteiger partial charge in [0.05, 0.1) is 18.1 Å². The minimum absolute atomic E-state index is 0.237. The van der Waals surface area contributed by atoms with Gasteiger partial charge in [-0.05, 0) is 25.0 Å². The molecule has 1 aliphatic rings. The Morgan fingerprint density at radius 2 is 2.29 bits per heavy atom. The van der Waals surface area contributed by atoms with Crippen LogP contribution in [0, 0.1) is 5.82 Å². The van der Waals surface area contributed by atoms with Crippen molar-refractivity contribution in [2.45, 2.75) is 37.5 Å². The molecule has 3 rings (SSSR count). The first-order valence-corrected chi connectivity index (χ1v) is 8.31. The van der Waals surface area contributed by atoms with Gasteiger partial charge in [0.25, 0.3) is 0 Å². The Bertz CT molecular complexity index is 658. The van der Waals surface area contributed by atoms with Crippen LogP contribution in [0.25, 0.3) is 11.0 Å². The van der Waals surface area contributed by atoms with E-state index in [-0.39, 0.29) is 5.75 Å². The van der Waals surface area contributed by atoms with Gasteiger partial charge in [0.1, 0.15) is 0 Å². The van der Waals surface area contributed by atoms with Crippen LogP contribution in [0.1, 0.15) is 32.2 Å². The summed E-state index contributed by atoms with van der Waals surface area (Å²) in [5, 5.41) is 0.680. The number of halogens is 1. The Morgan fingerprint density at radius 3 is 3.00 bits per heavy atom. The van der Waals surface area contributed by atoms with Crippen LogP contribution in [0.4, 0.5) is 10.3 Å². The van der Waals surface area contributed by atoms with Crippen molar-refractivity contribution in [2.75, 3.05) is 18.6 Å². The largest absolute Gasteiger partial charge is 0.494 e. The van der Waals surface area contributed by atoms with Gasteiger partial charge in [-0.3, -0.25) is 0 Å². The summed E-state index contributed by atoms with van der Waals surface area (Å²) < 4.78 is 20.9. The van der Waals surface area contributed by atoms with E-state index in [4.69, 9.17) is 10.5 Å². The van der Waals surface area contributed by atoms with E-state index in [1.807, 2.05) is 16.3 Å². The molecule has 1 aromatic heterocycles. The maximum atomic E-state index is 13.8. The number of nitrogens with zero attached hydrogens (tertiary/aromatic N) is 2. The fourth-order valence-corrected chi connectivity index (χ4v) is 4.33. The predicted octanol–water partition coefficient (Wildman–Crippen LogP) is 3.61. The van der Waals surface area contributed by atoms with E-state index in [1.54, 1.807) is 6.07 Å². The highest BCUT2D eigenvalue weighted by atomic mass is 32.2. The zero-order chi connectivity index (χ0) is 15.0. The van der Waals surface area contributed by atoms with Crippen LogP contribution < -0.4 is 10.5 Å². The van der Waals surface area contributed by atoms with E-state index in [1.165, 1.54) is 19.6 Å². The van der Waals surface area contributed by atoms with Crippen LogP contribution in [0.2, 0.25) is 0 Å². The second-order valence-electron chi connectivity index (χ2n) is 5.36. The van der Waals surface area contributed by atoms with Gasteiger partial charge in [-0.1, -0.05) is 6.92 Å². The van der Waals surface area contributed by atoms with Gasteiger partial charge in [0.15, 0.2) is 11.6 Å². The average Bonchev–Trinajstić information content (AvgIpc) is 3.01. The first-order valence-electron chi connectivity index (χ1n) is 7.26. The Labute approximate surface area is 127 Å². The zero-order valence-electron chi connectivity index (χ0n) is 12.3. The number of rotatable bonds is 4. The van der Waals surface area contributed by atoms with Gasteiger partial charge in [-0.25, -0.2) is 9.37 Å². The standard InChI is InChI=1S/C15H20FN3OS/c1-3-21-10-5-4-9(6-10)19-13-8-14(20-2)11(16)7-12(13)18-15(19)17/h7-10H,3-6H2,1-2H3,(H2,17,18). The number of imidazole rings is 1. The second-order valence-corrected chi connectivity index (χ2v) is 6.94. The molecule has 2 aromatic rings. The molecule has 4 nitrogen and oxygen atoms in total. The van der Waals surface area contributed by atoms with Crippen LogP contribution in [0.5, 0.6) is 5.75 Å². The molecule has 6 heteroatoms. The molecule has 0 saturated heterocycles. The van der Waals surface area contributed by atoms with E-state index in [9.17, 15) is 4.39 Å². The summed E-state index contributed by atoms with van der Waals surface area (Å²) in [6.45, 7) is 2.19. The number of anilines is 1. The zero-order valence-corrected chi connectivity index (χ0v) is 13.1. The molecule has 0 aliphatic heterocycles. The molecule has 2 N–H and O–H groups in total. The third-order valence-corrected chi connectivity index (χ3v) is 5.35. The highest BCUT2D eigenvalue weighted by Crippen LogP contribution is 2.40. The molecule has 1 heterocycles. The fourth-order valence-electron chi connectivity index (χ4n) is 3.19. The van der Waals surface area contributed by atoms with Crippen LogP contribution in [0.15, 0.2) is 12.1 Å². The Morgan fingerprint density at radius 1 is 1.48 bits per heavy atom. The van der Waals surface area contributed by atoms with E-state index >= 15 is 0 Å². The highest BCUT2D eigenvalue weighted by Gasteiger charge is 2.28. The van der Waals surface area contributed by atoms with Crippen LogP contribution in [-0.2, 0) is 0 Å². The van der Waals surface area contributed by atoms with Crippen molar-refractivity contribution in [2.24, 2.45) is 0 Å². The molecule has 21 heavy (non-hydrogen) atoms. The van der Waals surface area contributed by atoms with Gasteiger partial charge >= 0.3 is 0 Å². The van der Waals surface area contributed by atoms with Crippen molar-refractivity contribution >= 4 is 28.7 Å². The number of nitrogen functional groups attached to an aromatic ring is 1. The van der Waals surface area contributed by atoms with Gasteiger partial charge in [0, 0.05) is 23.4 Å². The molecule has 0 amide bonds. The lowest BCUT2D eigenvalue weighted by Crippen LogP contribution is -2.10. The van der Waals surface area contributed by atoms with E-state index in [0.29, 0.717) is 22.8 Å². The van der Waals surface area contributed by atoms with Gasteiger partial charge in [-0.2, -0.15) is 11.8 Å². The quantitative estimate of drug-likeness (QED) is 0.937.